The van der Waals surface area contributed by atoms with E-state index in [1.807, 2.05) is 0 Å². The summed E-state index contributed by atoms with van der Waals surface area (Å²) in [5, 5.41) is 9.22. The lowest BCUT2D eigenvalue weighted by molar-refractivity contribution is -0.275. The van der Waals surface area contributed by atoms with Crippen LogP contribution in [0.25, 0.3) is 0 Å². The van der Waals surface area contributed by atoms with E-state index in [4.69, 9.17) is 4.74 Å². The van der Waals surface area contributed by atoms with E-state index in [9.17, 15) is 18.3 Å². The van der Waals surface area contributed by atoms with Gasteiger partial charge in [0.15, 0.2) is 11.5 Å². The molecular weight excluding hydrogens is 237 g/mol. The van der Waals surface area contributed by atoms with E-state index < -0.39 is 17.7 Å². The Kier molecular flexibility index (Phi) is 3.45. The van der Waals surface area contributed by atoms with Gasteiger partial charge >= 0.3 is 6.36 Å². The fraction of sp³-hybridized carbons (Fsp3) is 0.455. The molecule has 0 heterocycles. The summed E-state index contributed by atoms with van der Waals surface area (Å²) in [6.07, 6.45) is -4.80. The number of hydrogen-bond donors (Lipinski definition) is 1. The molecule has 0 aliphatic carbocycles. The maximum absolute atomic E-state index is 12.1. The molecule has 0 aromatic heterocycles. The van der Waals surface area contributed by atoms with Gasteiger partial charge in [-0.05, 0) is 32.9 Å². The van der Waals surface area contributed by atoms with Crippen molar-refractivity contribution in [1.29, 1.82) is 0 Å². The number of halogens is 3. The van der Waals surface area contributed by atoms with Gasteiger partial charge in [0.05, 0.1) is 0 Å². The molecule has 1 aromatic rings. The molecule has 0 aliphatic rings. The highest BCUT2D eigenvalue weighted by Crippen LogP contribution is 2.36. The maximum Gasteiger partial charge on any atom is 0.573 e. The Hall–Kier alpha value is -1.59. The van der Waals surface area contributed by atoms with Crippen LogP contribution in [0.2, 0.25) is 0 Å². The average Bonchev–Trinajstić information content (AvgIpc) is 2.05. The van der Waals surface area contributed by atoms with Gasteiger partial charge < -0.3 is 14.6 Å². The molecule has 0 atom stereocenters. The topological polar surface area (TPSA) is 38.7 Å². The van der Waals surface area contributed by atoms with E-state index in [1.54, 1.807) is 20.8 Å². The Morgan fingerprint density at radius 3 is 2.06 bits per heavy atom. The van der Waals surface area contributed by atoms with E-state index in [-0.39, 0.29) is 11.5 Å². The second-order valence-electron chi connectivity index (χ2n) is 4.39. The van der Waals surface area contributed by atoms with E-state index >= 15 is 0 Å². The Morgan fingerprint density at radius 1 is 1.00 bits per heavy atom. The van der Waals surface area contributed by atoms with Crippen LogP contribution in [0.15, 0.2) is 18.2 Å². The third-order valence-corrected chi connectivity index (χ3v) is 1.57. The molecule has 1 N–H and O–H groups in total. The smallest absolute Gasteiger partial charge is 0.508 e. The quantitative estimate of drug-likeness (QED) is 0.873. The van der Waals surface area contributed by atoms with Gasteiger partial charge in [-0.25, -0.2) is 0 Å². The molecule has 0 saturated carbocycles. The van der Waals surface area contributed by atoms with Crippen LogP contribution >= 0.6 is 0 Å². The van der Waals surface area contributed by atoms with Crippen LogP contribution in [0.1, 0.15) is 20.8 Å². The summed E-state index contributed by atoms with van der Waals surface area (Å²) in [5.74, 6) is -0.834. The average molecular weight is 250 g/mol. The summed E-state index contributed by atoms with van der Waals surface area (Å²) >= 11 is 0. The highest BCUT2D eigenvalue weighted by atomic mass is 19.4. The first-order chi connectivity index (χ1) is 7.57. The summed E-state index contributed by atoms with van der Waals surface area (Å²) in [4.78, 5) is 0. The van der Waals surface area contributed by atoms with Crippen molar-refractivity contribution in [3.63, 3.8) is 0 Å². The predicted octanol–water partition coefficient (Wildman–Crippen LogP) is 3.47. The van der Waals surface area contributed by atoms with E-state index in [0.29, 0.717) is 0 Å². The highest BCUT2D eigenvalue weighted by Gasteiger charge is 2.33. The first-order valence-corrected chi connectivity index (χ1v) is 4.85. The van der Waals surface area contributed by atoms with E-state index in [1.165, 1.54) is 0 Å². The van der Waals surface area contributed by atoms with Crippen molar-refractivity contribution in [2.75, 3.05) is 0 Å². The molecule has 1 rings (SSSR count). The molecule has 0 fully saturated rings. The van der Waals surface area contributed by atoms with Gasteiger partial charge in [-0.1, -0.05) is 0 Å². The summed E-state index contributed by atoms with van der Waals surface area (Å²) in [6.45, 7) is 5.03. The van der Waals surface area contributed by atoms with Gasteiger partial charge in [-0.15, -0.1) is 13.2 Å². The van der Waals surface area contributed by atoms with Gasteiger partial charge in [0.2, 0.25) is 0 Å². The maximum atomic E-state index is 12.1. The Bertz CT molecular complexity index is 394. The first-order valence-electron chi connectivity index (χ1n) is 4.85. The minimum absolute atomic E-state index is 0.158. The second kappa shape index (κ2) is 4.35. The minimum atomic E-state index is -4.80. The zero-order chi connectivity index (χ0) is 13.3. The minimum Gasteiger partial charge on any atom is -0.508 e. The number of phenolic OH excluding ortho intramolecular Hbond substituents is 1. The zero-order valence-corrected chi connectivity index (χ0v) is 9.63. The molecule has 0 bridgehead atoms. The number of alkyl halides is 3. The summed E-state index contributed by atoms with van der Waals surface area (Å²) in [7, 11) is 0. The molecule has 17 heavy (non-hydrogen) atoms. The molecule has 0 amide bonds. The second-order valence-corrected chi connectivity index (χ2v) is 4.39. The fourth-order valence-corrected chi connectivity index (χ4v) is 1.12. The molecule has 0 saturated heterocycles. The number of benzene rings is 1. The van der Waals surface area contributed by atoms with Crippen molar-refractivity contribution in [1.82, 2.24) is 0 Å². The molecule has 6 heteroatoms. The van der Waals surface area contributed by atoms with Gasteiger partial charge in [0, 0.05) is 6.07 Å². The highest BCUT2D eigenvalue weighted by molar-refractivity contribution is 5.45. The Morgan fingerprint density at radius 2 is 1.59 bits per heavy atom. The van der Waals surface area contributed by atoms with E-state index in [2.05, 4.69) is 4.74 Å². The summed E-state index contributed by atoms with van der Waals surface area (Å²) in [5.41, 5.74) is -0.697. The van der Waals surface area contributed by atoms with Crippen LogP contribution in [0.4, 0.5) is 13.2 Å². The number of ether oxygens (including phenoxy) is 2. The third-order valence-electron chi connectivity index (χ3n) is 1.57. The molecule has 0 aliphatic heterocycles. The van der Waals surface area contributed by atoms with E-state index in [0.717, 1.165) is 18.2 Å². The SMILES string of the molecule is CC(C)(C)Oc1cc(O)ccc1OC(F)(F)F. The lowest BCUT2D eigenvalue weighted by Gasteiger charge is -2.23. The normalized spacial score (nSPS) is 12.4. The first kappa shape index (κ1) is 13.5. The van der Waals surface area contributed by atoms with Crippen LogP contribution in [-0.4, -0.2) is 17.1 Å². The molecule has 3 nitrogen and oxygen atoms in total. The predicted molar refractivity (Wildman–Crippen MR) is 55.2 cm³/mol. The zero-order valence-electron chi connectivity index (χ0n) is 9.63. The van der Waals surface area contributed by atoms with Gasteiger partial charge in [0.1, 0.15) is 11.4 Å². The lowest BCUT2D eigenvalue weighted by Crippen LogP contribution is -2.24. The van der Waals surface area contributed by atoms with Crippen molar-refractivity contribution >= 4 is 0 Å². The molecule has 0 unspecified atom stereocenters. The molecule has 1 aromatic carbocycles. The van der Waals surface area contributed by atoms with Crippen LogP contribution < -0.4 is 9.47 Å². The van der Waals surface area contributed by atoms with Gasteiger partial charge in [-0.3, -0.25) is 0 Å². The number of aromatic hydroxyl groups is 1. The standard InChI is InChI=1S/C11H13F3O3/c1-10(2,3)16-9-6-7(15)4-5-8(9)17-11(12,13)14/h4-6,15H,1-3H3. The van der Waals surface area contributed by atoms with Crippen molar-refractivity contribution in [3.05, 3.63) is 18.2 Å². The number of hydrogen-bond acceptors (Lipinski definition) is 3. The van der Waals surface area contributed by atoms with Crippen molar-refractivity contribution < 1.29 is 27.8 Å². The number of rotatable bonds is 2. The van der Waals surface area contributed by atoms with Crippen molar-refractivity contribution in [3.8, 4) is 17.2 Å². The molecule has 0 radical (unpaired) electrons. The Labute approximate surface area is 96.8 Å². The summed E-state index contributed by atoms with van der Waals surface area (Å²) < 4.78 is 45.4. The van der Waals surface area contributed by atoms with Crippen molar-refractivity contribution in [2.24, 2.45) is 0 Å². The lowest BCUT2D eigenvalue weighted by atomic mass is 10.2. The number of phenols is 1. The molecule has 96 valence electrons. The fourth-order valence-electron chi connectivity index (χ4n) is 1.12. The van der Waals surface area contributed by atoms with Gasteiger partial charge in [0.25, 0.3) is 0 Å². The third kappa shape index (κ3) is 4.84. The monoisotopic (exact) mass is 250 g/mol. The largest absolute Gasteiger partial charge is 0.573 e. The van der Waals surface area contributed by atoms with Crippen LogP contribution in [-0.2, 0) is 0 Å². The van der Waals surface area contributed by atoms with Crippen LogP contribution in [0.3, 0.4) is 0 Å². The molecule has 0 spiro atoms. The Balaban J connectivity index is 3.04. The van der Waals surface area contributed by atoms with Crippen LogP contribution in [0, 0.1) is 0 Å². The summed E-state index contributed by atoms with van der Waals surface area (Å²) in [6, 6.07) is 3.17. The molecular formula is C11H13F3O3. The van der Waals surface area contributed by atoms with Crippen molar-refractivity contribution in [2.45, 2.75) is 32.7 Å². The van der Waals surface area contributed by atoms with Gasteiger partial charge in [-0.2, -0.15) is 0 Å². The van der Waals surface area contributed by atoms with Crippen LogP contribution in [0.5, 0.6) is 17.2 Å².